The lowest BCUT2D eigenvalue weighted by Gasteiger charge is -2.65. The van der Waals surface area contributed by atoms with Gasteiger partial charge in [-0.3, -0.25) is 9.59 Å². The average Bonchev–Trinajstić information content (AvgIpc) is 3.26. The zero-order chi connectivity index (χ0) is 23.9. The molecular formula is C26H30O8. The van der Waals surface area contributed by atoms with Crippen LogP contribution in [-0.4, -0.2) is 47.7 Å². The summed E-state index contributed by atoms with van der Waals surface area (Å²) in [6.45, 7) is 8.36. The van der Waals surface area contributed by atoms with Crippen molar-refractivity contribution in [1.82, 2.24) is 0 Å². The molecule has 8 heteroatoms. The molecule has 0 aromatic carbocycles. The number of furan rings is 1. The molecule has 2 saturated carbocycles. The fourth-order valence-corrected chi connectivity index (χ4v) is 9.34. The maximum Gasteiger partial charge on any atom is 0.339 e. The number of ether oxygens (including phenoxy) is 4. The Kier molecular flexibility index (Phi) is 3.70. The molecule has 34 heavy (non-hydrogen) atoms. The van der Waals surface area contributed by atoms with E-state index in [1.807, 2.05) is 26.8 Å². The number of Topliss-reactive ketones (excluding diaryl/α,β-unsaturated/α-hetero) is 1. The standard InChI is InChI=1S/C26H30O8/c1-22(2)15-9-16(27)24(4)14(25(15)12-31-18(28)10-17(25)33-22)5-7-23(3)19(13-6-8-30-11-13)32-21(29)20-26(23,24)34-20/h6,8,11,14-15,17,19-20H,5,7,9-10,12H2,1-4H3/t14-,15+,17+,19-,20+,23+,24-,25-,26+/m0/s1. The molecule has 0 amide bonds. The predicted octanol–water partition coefficient (Wildman–Crippen LogP) is 3.14. The number of carbonyl (C=O) groups is 3. The average molecular weight is 471 g/mol. The third-order valence-electron chi connectivity index (χ3n) is 10.7. The summed E-state index contributed by atoms with van der Waals surface area (Å²) in [6, 6.07) is 1.81. The van der Waals surface area contributed by atoms with E-state index < -0.39 is 45.6 Å². The molecule has 2 spiro atoms. The van der Waals surface area contributed by atoms with Crippen LogP contribution in [0.15, 0.2) is 23.0 Å². The summed E-state index contributed by atoms with van der Waals surface area (Å²) in [5.41, 5.74) is -2.78. The van der Waals surface area contributed by atoms with Crippen molar-refractivity contribution < 1.29 is 37.7 Å². The number of esters is 2. The minimum absolute atomic E-state index is 0.0677. The van der Waals surface area contributed by atoms with Crippen LogP contribution in [0, 0.1) is 28.1 Å². The van der Waals surface area contributed by atoms with Crippen molar-refractivity contribution in [2.75, 3.05) is 6.61 Å². The lowest BCUT2D eigenvalue weighted by Crippen LogP contribution is -2.72. The molecule has 8 nitrogen and oxygen atoms in total. The number of carbonyl (C=O) groups excluding carboxylic acids is 3. The second-order valence-electron chi connectivity index (χ2n) is 12.2. The van der Waals surface area contributed by atoms with Crippen molar-refractivity contribution in [2.24, 2.45) is 28.1 Å². The van der Waals surface area contributed by atoms with E-state index in [1.165, 1.54) is 0 Å². The van der Waals surface area contributed by atoms with Crippen LogP contribution in [0.3, 0.4) is 0 Å². The number of hydrogen-bond acceptors (Lipinski definition) is 8. The zero-order valence-electron chi connectivity index (χ0n) is 19.9. The largest absolute Gasteiger partial charge is 0.472 e. The molecule has 0 unspecified atom stereocenters. The summed E-state index contributed by atoms with van der Waals surface area (Å²) in [7, 11) is 0. The van der Waals surface area contributed by atoms with E-state index in [0.717, 1.165) is 12.0 Å². The lowest BCUT2D eigenvalue weighted by molar-refractivity contribution is -0.225. The summed E-state index contributed by atoms with van der Waals surface area (Å²) in [5, 5.41) is 0. The van der Waals surface area contributed by atoms with Gasteiger partial charge in [0.05, 0.1) is 36.1 Å². The smallest absolute Gasteiger partial charge is 0.339 e. The second-order valence-corrected chi connectivity index (χ2v) is 12.2. The Morgan fingerprint density at radius 3 is 2.50 bits per heavy atom. The van der Waals surface area contributed by atoms with E-state index in [-0.39, 0.29) is 42.7 Å². The van der Waals surface area contributed by atoms with Gasteiger partial charge >= 0.3 is 11.9 Å². The van der Waals surface area contributed by atoms with Gasteiger partial charge in [-0.25, -0.2) is 4.79 Å². The minimum atomic E-state index is -0.976. The molecule has 4 aliphatic heterocycles. The first-order valence-corrected chi connectivity index (χ1v) is 12.3. The molecule has 182 valence electrons. The molecule has 6 fully saturated rings. The first-order chi connectivity index (χ1) is 16.0. The van der Waals surface area contributed by atoms with Gasteiger partial charge in [-0.15, -0.1) is 0 Å². The molecule has 9 atom stereocenters. The molecule has 7 rings (SSSR count). The lowest BCUT2D eigenvalue weighted by atomic mass is 9.37. The van der Waals surface area contributed by atoms with E-state index in [0.29, 0.717) is 12.8 Å². The van der Waals surface area contributed by atoms with Crippen LogP contribution in [-0.2, 0) is 33.3 Å². The summed E-state index contributed by atoms with van der Waals surface area (Å²) < 4.78 is 29.8. The third kappa shape index (κ3) is 2.02. The first-order valence-electron chi connectivity index (χ1n) is 12.3. The highest BCUT2D eigenvalue weighted by Crippen LogP contribution is 2.79. The van der Waals surface area contributed by atoms with Crippen LogP contribution in [0.1, 0.15) is 65.0 Å². The Morgan fingerprint density at radius 2 is 1.76 bits per heavy atom. The topological polar surface area (TPSA) is 105 Å². The molecule has 5 heterocycles. The zero-order valence-corrected chi connectivity index (χ0v) is 19.9. The van der Waals surface area contributed by atoms with Gasteiger partial charge in [0.1, 0.15) is 24.1 Å². The van der Waals surface area contributed by atoms with Crippen LogP contribution in [0.5, 0.6) is 0 Å². The van der Waals surface area contributed by atoms with Gasteiger partial charge in [-0.05, 0) is 45.6 Å². The number of ketones is 1. The van der Waals surface area contributed by atoms with Crippen molar-refractivity contribution in [3.8, 4) is 0 Å². The van der Waals surface area contributed by atoms with Crippen molar-refractivity contribution in [1.29, 1.82) is 0 Å². The van der Waals surface area contributed by atoms with Crippen molar-refractivity contribution in [3.63, 3.8) is 0 Å². The Bertz CT molecular complexity index is 1120. The molecule has 2 aliphatic carbocycles. The van der Waals surface area contributed by atoms with Gasteiger partial charge in [0, 0.05) is 28.7 Å². The molecular weight excluding hydrogens is 440 g/mol. The Morgan fingerprint density at radius 1 is 0.971 bits per heavy atom. The van der Waals surface area contributed by atoms with Crippen LogP contribution >= 0.6 is 0 Å². The van der Waals surface area contributed by atoms with Crippen LogP contribution in [0.25, 0.3) is 0 Å². The summed E-state index contributed by atoms with van der Waals surface area (Å²) in [6.07, 6.45) is 3.46. The predicted molar refractivity (Wildman–Crippen MR) is 114 cm³/mol. The first kappa shape index (κ1) is 21.1. The summed E-state index contributed by atoms with van der Waals surface area (Å²) in [4.78, 5) is 39.7. The van der Waals surface area contributed by atoms with E-state index in [9.17, 15) is 14.4 Å². The maximum atomic E-state index is 14.2. The Hall–Kier alpha value is -2.19. The SMILES string of the molecule is CC1(C)O[C@@H]2CC(=O)OC[C@]23[C@@H]1CC(=O)[C@]1(C)[C@@H]3CC[C@]2(C)[C@H](c3ccoc3)OC(=O)[C@H]3O[C@]321. The van der Waals surface area contributed by atoms with Gasteiger partial charge in [-0.1, -0.05) is 6.92 Å². The van der Waals surface area contributed by atoms with E-state index in [4.69, 9.17) is 23.4 Å². The Labute approximate surface area is 197 Å². The molecule has 6 aliphatic rings. The molecule has 1 aromatic rings. The maximum absolute atomic E-state index is 14.2. The quantitative estimate of drug-likeness (QED) is 0.455. The molecule has 0 bridgehead atoms. The third-order valence-corrected chi connectivity index (χ3v) is 10.7. The molecule has 0 radical (unpaired) electrons. The van der Waals surface area contributed by atoms with Crippen molar-refractivity contribution in [2.45, 2.75) is 82.9 Å². The van der Waals surface area contributed by atoms with Crippen LogP contribution in [0.2, 0.25) is 0 Å². The number of rotatable bonds is 1. The van der Waals surface area contributed by atoms with E-state index in [2.05, 4.69) is 6.92 Å². The van der Waals surface area contributed by atoms with Gasteiger partial charge in [0.25, 0.3) is 0 Å². The van der Waals surface area contributed by atoms with Crippen LogP contribution < -0.4 is 0 Å². The van der Waals surface area contributed by atoms with E-state index >= 15 is 0 Å². The van der Waals surface area contributed by atoms with Gasteiger partial charge < -0.3 is 23.4 Å². The van der Waals surface area contributed by atoms with Crippen molar-refractivity contribution in [3.05, 3.63) is 24.2 Å². The van der Waals surface area contributed by atoms with Gasteiger partial charge in [0.2, 0.25) is 0 Å². The monoisotopic (exact) mass is 470 g/mol. The van der Waals surface area contributed by atoms with Gasteiger partial charge in [-0.2, -0.15) is 0 Å². The highest BCUT2D eigenvalue weighted by molar-refractivity contribution is 5.93. The van der Waals surface area contributed by atoms with Gasteiger partial charge in [0.15, 0.2) is 6.10 Å². The molecule has 1 aromatic heterocycles. The Balaban J connectivity index is 1.41. The highest BCUT2D eigenvalue weighted by Gasteiger charge is 2.89. The van der Waals surface area contributed by atoms with E-state index in [1.54, 1.807) is 12.5 Å². The van der Waals surface area contributed by atoms with Crippen LogP contribution in [0.4, 0.5) is 0 Å². The molecule has 4 saturated heterocycles. The van der Waals surface area contributed by atoms with Crippen molar-refractivity contribution >= 4 is 17.7 Å². The second kappa shape index (κ2) is 5.95. The fraction of sp³-hybridized carbons (Fsp3) is 0.731. The number of hydrogen-bond donors (Lipinski definition) is 0. The number of epoxide rings is 1. The molecule has 0 N–H and O–H groups in total. The number of fused-ring (bicyclic) bond motifs is 1. The number of cyclic esters (lactones) is 2. The highest BCUT2D eigenvalue weighted by atomic mass is 16.7. The minimum Gasteiger partial charge on any atom is -0.472 e. The summed E-state index contributed by atoms with van der Waals surface area (Å²) >= 11 is 0. The normalized spacial score (nSPS) is 52.4. The fourth-order valence-electron chi connectivity index (χ4n) is 9.34. The summed E-state index contributed by atoms with van der Waals surface area (Å²) in [5.74, 6) is -0.780.